The first kappa shape index (κ1) is 14.3. The molecule has 0 fully saturated rings. The zero-order valence-corrected chi connectivity index (χ0v) is 11.9. The number of rotatable bonds is 3. The summed E-state index contributed by atoms with van der Waals surface area (Å²) in [5.41, 5.74) is 1.50. The first-order valence-electron chi connectivity index (χ1n) is 6.20. The van der Waals surface area contributed by atoms with Crippen molar-refractivity contribution in [2.45, 2.75) is 20.3 Å². The van der Waals surface area contributed by atoms with Gasteiger partial charge >= 0.3 is 5.97 Å². The molecule has 1 N–H and O–H groups in total. The SMILES string of the molecule is CCc1cc(=O)n(-c2ccc(Cl)cc2)c(C)c1C(=O)O. The van der Waals surface area contributed by atoms with Gasteiger partial charge in [-0.05, 0) is 43.2 Å². The van der Waals surface area contributed by atoms with Gasteiger partial charge in [-0.3, -0.25) is 9.36 Å². The molecule has 0 atom stereocenters. The Labute approximate surface area is 121 Å². The summed E-state index contributed by atoms with van der Waals surface area (Å²) in [6, 6.07) is 8.08. The topological polar surface area (TPSA) is 59.3 Å². The average molecular weight is 292 g/mol. The Morgan fingerprint density at radius 2 is 1.90 bits per heavy atom. The van der Waals surface area contributed by atoms with Crippen LogP contribution in [-0.2, 0) is 6.42 Å². The van der Waals surface area contributed by atoms with E-state index in [0.717, 1.165) is 0 Å². The van der Waals surface area contributed by atoms with Crippen LogP contribution in [0.4, 0.5) is 0 Å². The summed E-state index contributed by atoms with van der Waals surface area (Å²) in [5, 5.41) is 9.91. The second-order valence-corrected chi connectivity index (χ2v) is 4.88. The summed E-state index contributed by atoms with van der Waals surface area (Å²) in [5.74, 6) is -1.03. The Bertz CT molecular complexity index is 717. The highest BCUT2D eigenvalue weighted by molar-refractivity contribution is 6.30. The van der Waals surface area contributed by atoms with Gasteiger partial charge in [-0.25, -0.2) is 4.79 Å². The van der Waals surface area contributed by atoms with Gasteiger partial charge in [-0.1, -0.05) is 18.5 Å². The summed E-state index contributed by atoms with van der Waals surface area (Å²) >= 11 is 5.83. The number of aromatic nitrogens is 1. The zero-order chi connectivity index (χ0) is 14.9. The third kappa shape index (κ3) is 2.47. The number of carbonyl (C=O) groups is 1. The molecule has 20 heavy (non-hydrogen) atoms. The molecule has 1 aromatic heterocycles. The summed E-state index contributed by atoms with van der Waals surface area (Å²) in [7, 11) is 0. The van der Waals surface area contributed by atoms with Crippen LogP contribution in [0.15, 0.2) is 35.1 Å². The van der Waals surface area contributed by atoms with Crippen molar-refractivity contribution < 1.29 is 9.90 Å². The van der Waals surface area contributed by atoms with Gasteiger partial charge in [0.2, 0.25) is 0 Å². The molecule has 0 bridgehead atoms. The van der Waals surface area contributed by atoms with Crippen molar-refractivity contribution in [3.63, 3.8) is 0 Å². The third-order valence-electron chi connectivity index (χ3n) is 3.22. The molecule has 0 saturated carbocycles. The quantitative estimate of drug-likeness (QED) is 0.945. The number of carboxylic acids is 1. The van der Waals surface area contributed by atoms with Gasteiger partial charge in [-0.2, -0.15) is 0 Å². The summed E-state index contributed by atoms with van der Waals surface area (Å²) in [4.78, 5) is 23.6. The minimum absolute atomic E-state index is 0.182. The molecule has 0 saturated heterocycles. The largest absolute Gasteiger partial charge is 0.478 e. The second-order valence-electron chi connectivity index (χ2n) is 4.44. The van der Waals surface area contributed by atoms with E-state index < -0.39 is 5.97 Å². The molecule has 0 amide bonds. The van der Waals surface area contributed by atoms with Crippen LogP contribution >= 0.6 is 11.6 Å². The first-order valence-corrected chi connectivity index (χ1v) is 6.58. The first-order chi connectivity index (χ1) is 9.45. The van der Waals surface area contributed by atoms with Crippen molar-refractivity contribution in [2.24, 2.45) is 0 Å². The lowest BCUT2D eigenvalue weighted by Gasteiger charge is -2.15. The number of halogens is 1. The van der Waals surface area contributed by atoms with Crippen LogP contribution in [0, 0.1) is 6.92 Å². The number of nitrogens with zero attached hydrogens (tertiary/aromatic N) is 1. The van der Waals surface area contributed by atoms with Crippen LogP contribution in [0.2, 0.25) is 5.02 Å². The Morgan fingerprint density at radius 1 is 1.30 bits per heavy atom. The lowest BCUT2D eigenvalue weighted by atomic mass is 10.0. The van der Waals surface area contributed by atoms with Crippen molar-refractivity contribution in [2.75, 3.05) is 0 Å². The van der Waals surface area contributed by atoms with Gasteiger partial charge in [0.05, 0.1) is 5.56 Å². The Balaban J connectivity index is 2.77. The van der Waals surface area contributed by atoms with E-state index in [0.29, 0.717) is 28.4 Å². The minimum atomic E-state index is -1.03. The smallest absolute Gasteiger partial charge is 0.337 e. The number of carboxylic acid groups (broad SMARTS) is 1. The predicted octanol–water partition coefficient (Wildman–Crippen LogP) is 3.06. The van der Waals surface area contributed by atoms with Crippen LogP contribution < -0.4 is 5.56 Å². The van der Waals surface area contributed by atoms with Crippen LogP contribution in [-0.4, -0.2) is 15.6 Å². The molecule has 0 spiro atoms. The number of hydrogen-bond acceptors (Lipinski definition) is 2. The molecule has 1 aromatic carbocycles. The highest BCUT2D eigenvalue weighted by Gasteiger charge is 2.17. The maximum atomic E-state index is 12.2. The Morgan fingerprint density at radius 3 is 2.40 bits per heavy atom. The minimum Gasteiger partial charge on any atom is -0.478 e. The van der Waals surface area contributed by atoms with Gasteiger partial charge in [-0.15, -0.1) is 0 Å². The number of benzene rings is 1. The highest BCUT2D eigenvalue weighted by atomic mass is 35.5. The zero-order valence-electron chi connectivity index (χ0n) is 11.2. The lowest BCUT2D eigenvalue weighted by molar-refractivity contribution is 0.0694. The number of pyridine rings is 1. The molecule has 0 radical (unpaired) electrons. The maximum absolute atomic E-state index is 12.2. The molecule has 4 nitrogen and oxygen atoms in total. The average Bonchev–Trinajstić information content (AvgIpc) is 2.39. The summed E-state index contributed by atoms with van der Waals surface area (Å²) in [6.07, 6.45) is 0.499. The summed E-state index contributed by atoms with van der Waals surface area (Å²) in [6.45, 7) is 3.46. The lowest BCUT2D eigenvalue weighted by Crippen LogP contribution is -2.24. The van der Waals surface area contributed by atoms with Crippen molar-refractivity contribution in [1.82, 2.24) is 4.57 Å². The molecule has 104 valence electrons. The number of aromatic carboxylic acids is 1. The highest BCUT2D eigenvalue weighted by Crippen LogP contribution is 2.18. The Kier molecular flexibility index (Phi) is 3.95. The van der Waals surface area contributed by atoms with E-state index in [4.69, 9.17) is 11.6 Å². The van der Waals surface area contributed by atoms with Crippen molar-refractivity contribution in [3.05, 3.63) is 62.5 Å². The molecule has 2 aromatic rings. The van der Waals surface area contributed by atoms with E-state index in [1.807, 2.05) is 6.92 Å². The molecular weight excluding hydrogens is 278 g/mol. The normalized spacial score (nSPS) is 10.6. The summed E-state index contributed by atoms with van der Waals surface area (Å²) < 4.78 is 1.39. The maximum Gasteiger partial charge on any atom is 0.337 e. The van der Waals surface area contributed by atoms with Gasteiger partial charge in [0.15, 0.2) is 0 Å². The van der Waals surface area contributed by atoms with Gasteiger partial charge in [0.25, 0.3) is 5.56 Å². The molecule has 1 heterocycles. The van der Waals surface area contributed by atoms with Crippen molar-refractivity contribution >= 4 is 17.6 Å². The fraction of sp³-hybridized carbons (Fsp3) is 0.200. The van der Waals surface area contributed by atoms with Crippen LogP contribution in [0.25, 0.3) is 5.69 Å². The second kappa shape index (κ2) is 5.51. The van der Waals surface area contributed by atoms with Crippen LogP contribution in [0.1, 0.15) is 28.5 Å². The van der Waals surface area contributed by atoms with E-state index in [1.165, 1.54) is 10.6 Å². The van der Waals surface area contributed by atoms with Gasteiger partial charge < -0.3 is 5.11 Å². The van der Waals surface area contributed by atoms with Crippen LogP contribution in [0.3, 0.4) is 0 Å². The van der Waals surface area contributed by atoms with Crippen molar-refractivity contribution in [3.8, 4) is 5.69 Å². The van der Waals surface area contributed by atoms with Gasteiger partial charge in [0.1, 0.15) is 0 Å². The Hall–Kier alpha value is -2.07. The van der Waals surface area contributed by atoms with E-state index in [2.05, 4.69) is 0 Å². The van der Waals surface area contributed by atoms with Gasteiger partial charge in [0, 0.05) is 22.5 Å². The van der Waals surface area contributed by atoms with Crippen LogP contribution in [0.5, 0.6) is 0 Å². The number of hydrogen-bond donors (Lipinski definition) is 1. The molecule has 0 aliphatic rings. The third-order valence-corrected chi connectivity index (χ3v) is 3.47. The number of aryl methyl sites for hydroxylation is 1. The molecule has 5 heteroatoms. The fourth-order valence-electron chi connectivity index (χ4n) is 2.28. The predicted molar refractivity (Wildman–Crippen MR) is 78.1 cm³/mol. The van der Waals surface area contributed by atoms with E-state index in [1.54, 1.807) is 31.2 Å². The molecule has 0 unspecified atom stereocenters. The molecule has 0 aliphatic carbocycles. The van der Waals surface area contributed by atoms with E-state index in [9.17, 15) is 14.7 Å². The van der Waals surface area contributed by atoms with E-state index in [-0.39, 0.29) is 11.1 Å². The molecule has 2 rings (SSSR count). The fourth-order valence-corrected chi connectivity index (χ4v) is 2.40. The molecular formula is C15H14ClNO3. The standard InChI is InChI=1S/C15H14ClNO3/c1-3-10-8-13(18)17(9(2)14(10)15(19)20)12-6-4-11(16)5-7-12/h4-8H,3H2,1-2H3,(H,19,20). The van der Waals surface area contributed by atoms with E-state index >= 15 is 0 Å². The van der Waals surface area contributed by atoms with Crippen molar-refractivity contribution in [1.29, 1.82) is 0 Å². The molecule has 0 aliphatic heterocycles. The monoisotopic (exact) mass is 291 g/mol.